The molecule has 0 saturated carbocycles. The highest BCUT2D eigenvalue weighted by Gasteiger charge is 2.25. The van der Waals surface area contributed by atoms with Crippen molar-refractivity contribution in [2.75, 3.05) is 0 Å². The number of aromatic nitrogens is 4. The van der Waals surface area contributed by atoms with E-state index in [9.17, 15) is 4.39 Å². The molecule has 2 aromatic heterocycles. The summed E-state index contributed by atoms with van der Waals surface area (Å²) in [4.78, 5) is 0. The number of rotatable bonds is 5. The second kappa shape index (κ2) is 7.64. The van der Waals surface area contributed by atoms with Crippen LogP contribution in [-0.4, -0.2) is 19.6 Å². The third-order valence-corrected chi connectivity index (χ3v) is 5.50. The van der Waals surface area contributed by atoms with Crippen LogP contribution in [0.2, 0.25) is 0 Å². The van der Waals surface area contributed by atoms with Gasteiger partial charge in [-0.3, -0.25) is 0 Å². The fourth-order valence-electron chi connectivity index (χ4n) is 4.07. The van der Waals surface area contributed by atoms with Gasteiger partial charge < -0.3 is 5.32 Å². The van der Waals surface area contributed by atoms with E-state index in [1.165, 1.54) is 17.2 Å². The Bertz CT molecular complexity index is 1120. The molecule has 4 aromatic rings. The van der Waals surface area contributed by atoms with Gasteiger partial charge in [-0.05, 0) is 55.2 Å². The molecule has 0 amide bonds. The van der Waals surface area contributed by atoms with Crippen LogP contribution in [0.3, 0.4) is 0 Å². The summed E-state index contributed by atoms with van der Waals surface area (Å²) in [6.07, 6.45) is 8.63. The Balaban J connectivity index is 1.36. The summed E-state index contributed by atoms with van der Waals surface area (Å²) in [6, 6.07) is 17.3. The lowest BCUT2D eigenvalue weighted by Gasteiger charge is -2.24. The highest BCUT2D eigenvalue weighted by molar-refractivity contribution is 5.39. The van der Waals surface area contributed by atoms with Crippen molar-refractivity contribution in [1.82, 2.24) is 24.9 Å². The number of fused-ring (bicyclic) bond motifs is 1. The smallest absolute Gasteiger partial charge is 0.148 e. The van der Waals surface area contributed by atoms with Gasteiger partial charge in [-0.15, -0.1) is 0 Å². The summed E-state index contributed by atoms with van der Waals surface area (Å²) in [6.45, 7) is 0.754. The first kappa shape index (κ1) is 17.8. The monoisotopic (exact) mass is 387 g/mol. The van der Waals surface area contributed by atoms with E-state index >= 15 is 0 Å². The summed E-state index contributed by atoms with van der Waals surface area (Å²) in [5.74, 6) is -0.246. The minimum absolute atomic E-state index is 0.215. The molecule has 29 heavy (non-hydrogen) atoms. The van der Waals surface area contributed by atoms with Crippen LogP contribution >= 0.6 is 0 Å². The predicted molar refractivity (Wildman–Crippen MR) is 110 cm³/mol. The van der Waals surface area contributed by atoms with Crippen molar-refractivity contribution in [3.63, 3.8) is 0 Å². The SMILES string of the molecule is Fc1ccccc1-n1ncc2c1CCC[C@@H]2NCc1cccc(-n2cccn2)c1. The van der Waals surface area contributed by atoms with E-state index in [0.29, 0.717) is 5.69 Å². The Morgan fingerprint density at radius 3 is 2.86 bits per heavy atom. The van der Waals surface area contributed by atoms with Crippen LogP contribution in [-0.2, 0) is 13.0 Å². The molecule has 0 bridgehead atoms. The van der Waals surface area contributed by atoms with Crippen molar-refractivity contribution < 1.29 is 4.39 Å². The van der Waals surface area contributed by atoms with E-state index in [-0.39, 0.29) is 11.9 Å². The van der Waals surface area contributed by atoms with Crippen LogP contribution in [0.1, 0.15) is 35.7 Å². The summed E-state index contributed by atoms with van der Waals surface area (Å²) < 4.78 is 17.9. The number of para-hydroxylation sites is 1. The first-order valence-corrected chi connectivity index (χ1v) is 9.93. The molecule has 2 aromatic carbocycles. The molecule has 0 fully saturated rings. The molecule has 5 rings (SSSR count). The highest BCUT2D eigenvalue weighted by Crippen LogP contribution is 2.31. The van der Waals surface area contributed by atoms with Crippen molar-refractivity contribution in [3.8, 4) is 11.4 Å². The molecule has 0 saturated heterocycles. The number of hydrogen-bond donors (Lipinski definition) is 1. The Kier molecular flexibility index (Phi) is 4.69. The summed E-state index contributed by atoms with van der Waals surface area (Å²) in [5, 5.41) is 12.5. The second-order valence-corrected chi connectivity index (χ2v) is 7.36. The van der Waals surface area contributed by atoms with Crippen LogP contribution in [0, 0.1) is 5.82 Å². The number of nitrogens with zero attached hydrogens (tertiary/aromatic N) is 4. The van der Waals surface area contributed by atoms with Gasteiger partial charge in [0, 0.05) is 36.2 Å². The van der Waals surface area contributed by atoms with Gasteiger partial charge in [0.15, 0.2) is 0 Å². The Morgan fingerprint density at radius 2 is 2.00 bits per heavy atom. The number of benzene rings is 2. The fourth-order valence-corrected chi connectivity index (χ4v) is 4.07. The largest absolute Gasteiger partial charge is 0.306 e. The van der Waals surface area contributed by atoms with Gasteiger partial charge in [0.25, 0.3) is 0 Å². The van der Waals surface area contributed by atoms with Crippen molar-refractivity contribution >= 4 is 0 Å². The van der Waals surface area contributed by atoms with Crippen LogP contribution in [0.5, 0.6) is 0 Å². The summed E-state index contributed by atoms with van der Waals surface area (Å²) in [5.41, 5.74) is 5.03. The predicted octanol–water partition coefficient (Wildman–Crippen LogP) is 4.36. The van der Waals surface area contributed by atoms with Gasteiger partial charge in [-0.25, -0.2) is 13.8 Å². The maximum Gasteiger partial charge on any atom is 0.148 e. The maximum absolute atomic E-state index is 14.3. The molecule has 0 radical (unpaired) electrons. The molecule has 1 aliphatic rings. The second-order valence-electron chi connectivity index (χ2n) is 7.36. The lowest BCUT2D eigenvalue weighted by Crippen LogP contribution is -2.25. The van der Waals surface area contributed by atoms with Gasteiger partial charge in [0.05, 0.1) is 11.9 Å². The van der Waals surface area contributed by atoms with Gasteiger partial charge in [0.2, 0.25) is 0 Å². The molecule has 6 heteroatoms. The molecular weight excluding hydrogens is 365 g/mol. The molecule has 146 valence electrons. The third kappa shape index (κ3) is 3.47. The Hall–Kier alpha value is -3.25. The molecule has 0 spiro atoms. The first-order chi connectivity index (χ1) is 14.3. The highest BCUT2D eigenvalue weighted by atomic mass is 19.1. The molecule has 1 N–H and O–H groups in total. The van der Waals surface area contributed by atoms with E-state index < -0.39 is 0 Å². The average molecular weight is 387 g/mol. The maximum atomic E-state index is 14.3. The zero-order chi connectivity index (χ0) is 19.6. The fraction of sp³-hybridized carbons (Fsp3) is 0.217. The number of hydrogen-bond acceptors (Lipinski definition) is 3. The molecule has 0 aliphatic heterocycles. The zero-order valence-electron chi connectivity index (χ0n) is 16.0. The molecule has 0 unspecified atom stereocenters. The minimum Gasteiger partial charge on any atom is -0.306 e. The quantitative estimate of drug-likeness (QED) is 0.553. The molecule has 2 heterocycles. The number of halogens is 1. The average Bonchev–Trinajstić information content (AvgIpc) is 3.43. The van der Waals surface area contributed by atoms with Crippen LogP contribution in [0.4, 0.5) is 4.39 Å². The molecular formula is C23H22FN5. The van der Waals surface area contributed by atoms with E-state index in [2.05, 4.69) is 33.7 Å². The van der Waals surface area contributed by atoms with Crippen LogP contribution < -0.4 is 5.32 Å². The van der Waals surface area contributed by atoms with E-state index in [1.807, 2.05) is 35.3 Å². The van der Waals surface area contributed by atoms with Crippen LogP contribution in [0.15, 0.2) is 73.2 Å². The van der Waals surface area contributed by atoms with Gasteiger partial charge in [0.1, 0.15) is 11.5 Å². The van der Waals surface area contributed by atoms with Gasteiger partial charge in [-0.1, -0.05) is 24.3 Å². The number of nitrogens with one attached hydrogen (secondary N) is 1. The molecule has 1 aliphatic carbocycles. The van der Waals surface area contributed by atoms with Crippen molar-refractivity contribution in [2.24, 2.45) is 0 Å². The lowest BCUT2D eigenvalue weighted by atomic mass is 9.92. The van der Waals surface area contributed by atoms with E-state index in [1.54, 1.807) is 23.0 Å². The van der Waals surface area contributed by atoms with Gasteiger partial charge >= 0.3 is 0 Å². The van der Waals surface area contributed by atoms with Crippen LogP contribution in [0.25, 0.3) is 11.4 Å². The van der Waals surface area contributed by atoms with Gasteiger partial charge in [-0.2, -0.15) is 10.2 Å². The van der Waals surface area contributed by atoms with E-state index in [4.69, 9.17) is 0 Å². The molecule has 5 nitrogen and oxygen atoms in total. The third-order valence-electron chi connectivity index (χ3n) is 5.50. The van der Waals surface area contributed by atoms with Crippen molar-refractivity contribution in [1.29, 1.82) is 0 Å². The Morgan fingerprint density at radius 1 is 1.07 bits per heavy atom. The lowest BCUT2D eigenvalue weighted by molar-refractivity contribution is 0.454. The molecule has 1 atom stereocenters. The van der Waals surface area contributed by atoms with Crippen molar-refractivity contribution in [3.05, 3.63) is 95.8 Å². The minimum atomic E-state index is -0.246. The standard InChI is InChI=1S/C23H22FN5/c24-20-8-1-2-10-23(20)29-22-11-4-9-21(19(22)16-27-29)25-15-17-6-3-7-18(14-17)28-13-5-12-26-28/h1-3,5-8,10,12-14,16,21,25H,4,9,11,15H2/t21-/m0/s1. The zero-order valence-corrected chi connectivity index (χ0v) is 16.0. The van der Waals surface area contributed by atoms with E-state index in [0.717, 1.165) is 37.2 Å². The first-order valence-electron chi connectivity index (χ1n) is 9.93. The Labute approximate surface area is 168 Å². The summed E-state index contributed by atoms with van der Waals surface area (Å²) in [7, 11) is 0. The summed E-state index contributed by atoms with van der Waals surface area (Å²) >= 11 is 0. The van der Waals surface area contributed by atoms with Crippen molar-refractivity contribution in [2.45, 2.75) is 31.8 Å². The normalized spacial score (nSPS) is 16.0. The topological polar surface area (TPSA) is 47.7 Å².